The van der Waals surface area contributed by atoms with E-state index in [9.17, 15) is 23.3 Å². The highest BCUT2D eigenvalue weighted by Gasteiger charge is 2.42. The quantitative estimate of drug-likeness (QED) is 0.440. The first-order valence-electron chi connectivity index (χ1n) is 9.46. The summed E-state index contributed by atoms with van der Waals surface area (Å²) in [6.07, 6.45) is 0. The maximum atomic E-state index is 13.5. The number of nitro groups is 1. The highest BCUT2D eigenvalue weighted by atomic mass is 32.2. The van der Waals surface area contributed by atoms with Crippen molar-refractivity contribution in [2.75, 3.05) is 9.21 Å². The van der Waals surface area contributed by atoms with E-state index < -0.39 is 21.0 Å². The average molecular weight is 437 g/mol. The fraction of sp³-hybridized carbons (Fsp3) is 0.136. The molecule has 0 saturated heterocycles. The predicted molar refractivity (Wildman–Crippen MR) is 117 cm³/mol. The Balaban J connectivity index is 1.87. The number of fused-ring (bicyclic) bond motifs is 1. The van der Waals surface area contributed by atoms with Gasteiger partial charge in [0.05, 0.1) is 22.8 Å². The van der Waals surface area contributed by atoms with Gasteiger partial charge in [-0.05, 0) is 43.2 Å². The lowest BCUT2D eigenvalue weighted by Gasteiger charge is -2.36. The Morgan fingerprint density at radius 2 is 1.68 bits per heavy atom. The molecular weight excluding hydrogens is 418 g/mol. The molecule has 0 radical (unpaired) electrons. The van der Waals surface area contributed by atoms with Crippen LogP contribution in [0.5, 0.6) is 0 Å². The van der Waals surface area contributed by atoms with Gasteiger partial charge in [-0.25, -0.2) is 13.2 Å². The van der Waals surface area contributed by atoms with Crippen LogP contribution in [0.25, 0.3) is 0 Å². The third-order valence-electron chi connectivity index (χ3n) is 5.11. The molecular formula is C22H19N3O5S. The zero-order valence-corrected chi connectivity index (χ0v) is 17.7. The summed E-state index contributed by atoms with van der Waals surface area (Å²) >= 11 is 0. The summed E-state index contributed by atoms with van der Waals surface area (Å²) in [5.41, 5.74) is 2.50. The zero-order chi connectivity index (χ0) is 22.3. The molecule has 31 heavy (non-hydrogen) atoms. The normalized spacial score (nSPS) is 15.0. The molecule has 0 saturated carbocycles. The van der Waals surface area contributed by atoms with Gasteiger partial charge in [-0.3, -0.25) is 15.0 Å². The molecule has 0 bridgehead atoms. The molecule has 8 nitrogen and oxygen atoms in total. The minimum atomic E-state index is -4.13. The lowest BCUT2D eigenvalue weighted by molar-refractivity contribution is -0.384. The van der Waals surface area contributed by atoms with Crippen LogP contribution >= 0.6 is 0 Å². The molecule has 0 fully saturated rings. The molecule has 1 aliphatic rings. The van der Waals surface area contributed by atoms with Gasteiger partial charge in [-0.1, -0.05) is 42.0 Å². The fourth-order valence-electron chi connectivity index (χ4n) is 3.68. The molecule has 1 aliphatic heterocycles. The van der Waals surface area contributed by atoms with Crippen molar-refractivity contribution >= 4 is 33.1 Å². The number of amides is 2. The van der Waals surface area contributed by atoms with Crippen LogP contribution in [-0.2, 0) is 16.6 Å². The second-order valence-corrected chi connectivity index (χ2v) is 9.08. The van der Waals surface area contributed by atoms with Gasteiger partial charge < -0.3 is 0 Å². The van der Waals surface area contributed by atoms with Gasteiger partial charge in [0.25, 0.3) is 15.7 Å². The van der Waals surface area contributed by atoms with Crippen molar-refractivity contribution in [2.24, 2.45) is 0 Å². The number of rotatable bonds is 4. The number of sulfonamides is 1. The minimum absolute atomic E-state index is 0.00000541. The number of non-ortho nitro benzene ring substituents is 1. The van der Waals surface area contributed by atoms with Crippen molar-refractivity contribution < 1.29 is 18.1 Å². The van der Waals surface area contributed by atoms with E-state index >= 15 is 0 Å². The number of hydrogen-bond acceptors (Lipinski definition) is 5. The molecule has 0 N–H and O–H groups in total. The Labute approximate surface area is 179 Å². The molecule has 3 aromatic rings. The Hall–Kier alpha value is -3.72. The summed E-state index contributed by atoms with van der Waals surface area (Å²) in [5.74, 6) is 0. The number of hydrogen-bond donors (Lipinski definition) is 0. The lowest BCUT2D eigenvalue weighted by atomic mass is 10.1. The highest BCUT2D eigenvalue weighted by Crippen LogP contribution is 2.39. The number of carbonyl (C=O) groups is 1. The number of carbonyl (C=O) groups excluding carboxylic acids is 1. The molecule has 1 heterocycles. The van der Waals surface area contributed by atoms with Crippen molar-refractivity contribution in [2.45, 2.75) is 25.3 Å². The van der Waals surface area contributed by atoms with Gasteiger partial charge in [0.15, 0.2) is 0 Å². The average Bonchev–Trinajstić information content (AvgIpc) is 2.73. The summed E-state index contributed by atoms with van der Waals surface area (Å²) in [6.45, 7) is 3.61. The van der Waals surface area contributed by atoms with Crippen molar-refractivity contribution in [3.8, 4) is 0 Å². The summed E-state index contributed by atoms with van der Waals surface area (Å²) in [5, 5.41) is 11.1. The standard InChI is InChI=1S/C22H19N3O5S/c1-15-10-11-19(16(2)12-15)24-22(26)23(14-17-6-5-7-18(13-17)25(27)28)20-8-3-4-9-21(20)31(24,29)30/h3-13H,14H2,1-2H3. The van der Waals surface area contributed by atoms with E-state index in [1.54, 1.807) is 43.3 Å². The van der Waals surface area contributed by atoms with Gasteiger partial charge >= 0.3 is 6.03 Å². The third kappa shape index (κ3) is 3.53. The molecule has 3 aromatic carbocycles. The van der Waals surface area contributed by atoms with Gasteiger partial charge in [0.2, 0.25) is 0 Å². The second kappa shape index (κ2) is 7.51. The fourth-order valence-corrected chi connectivity index (χ4v) is 5.34. The number of aryl methyl sites for hydroxylation is 2. The van der Waals surface area contributed by atoms with Crippen LogP contribution in [0.4, 0.5) is 21.9 Å². The minimum Gasteiger partial charge on any atom is -0.287 e. The maximum Gasteiger partial charge on any atom is 0.343 e. The topological polar surface area (TPSA) is 101 Å². The summed E-state index contributed by atoms with van der Waals surface area (Å²) in [6, 6.07) is 16.6. The van der Waals surface area contributed by atoms with Crippen molar-refractivity contribution in [3.63, 3.8) is 0 Å². The van der Waals surface area contributed by atoms with Crippen molar-refractivity contribution in [1.29, 1.82) is 0 Å². The van der Waals surface area contributed by atoms with Crippen molar-refractivity contribution in [1.82, 2.24) is 0 Å². The first-order valence-corrected chi connectivity index (χ1v) is 10.9. The van der Waals surface area contributed by atoms with Gasteiger partial charge in [0.1, 0.15) is 4.90 Å². The number of urea groups is 1. The smallest absolute Gasteiger partial charge is 0.287 e. The monoisotopic (exact) mass is 437 g/mol. The van der Waals surface area contributed by atoms with Crippen LogP contribution in [0.1, 0.15) is 16.7 Å². The third-order valence-corrected chi connectivity index (χ3v) is 6.85. The Bertz CT molecular complexity index is 1320. The number of nitro benzene ring substituents is 1. The Morgan fingerprint density at radius 3 is 2.39 bits per heavy atom. The molecule has 0 atom stereocenters. The Kier molecular flexibility index (Phi) is 4.98. The first-order chi connectivity index (χ1) is 14.7. The summed E-state index contributed by atoms with van der Waals surface area (Å²) in [4.78, 5) is 25.5. The summed E-state index contributed by atoms with van der Waals surface area (Å²) in [7, 11) is -4.13. The number of nitrogens with zero attached hydrogens (tertiary/aromatic N) is 3. The van der Waals surface area contributed by atoms with Gasteiger partial charge in [0, 0.05) is 12.1 Å². The largest absolute Gasteiger partial charge is 0.343 e. The van der Waals surface area contributed by atoms with E-state index in [0.29, 0.717) is 11.1 Å². The molecule has 0 aromatic heterocycles. The van der Waals surface area contributed by atoms with Crippen molar-refractivity contribution in [3.05, 3.63) is 93.5 Å². The molecule has 2 amide bonds. The number of anilines is 2. The second-order valence-electron chi connectivity index (χ2n) is 7.32. The van der Waals surface area contributed by atoms with E-state index in [1.165, 1.54) is 29.2 Å². The Morgan fingerprint density at radius 1 is 0.935 bits per heavy atom. The van der Waals surface area contributed by atoms with Crippen LogP contribution in [-0.4, -0.2) is 19.4 Å². The number of para-hydroxylation sites is 1. The SMILES string of the molecule is Cc1ccc(N2C(=O)N(Cc3cccc([N+](=O)[O-])c3)c3ccccc3S2(=O)=O)c(C)c1. The highest BCUT2D eigenvalue weighted by molar-refractivity contribution is 7.94. The predicted octanol–water partition coefficient (Wildman–Crippen LogP) is 4.55. The van der Waals surface area contributed by atoms with Crippen LogP contribution in [0, 0.1) is 24.0 Å². The molecule has 0 unspecified atom stereocenters. The molecule has 9 heteroatoms. The lowest BCUT2D eigenvalue weighted by Crippen LogP contribution is -2.51. The van der Waals surface area contributed by atoms with Gasteiger partial charge in [-0.15, -0.1) is 0 Å². The van der Waals surface area contributed by atoms with Crippen LogP contribution in [0.3, 0.4) is 0 Å². The van der Waals surface area contributed by atoms with Crippen LogP contribution in [0.15, 0.2) is 71.6 Å². The molecule has 4 rings (SSSR count). The number of benzene rings is 3. The summed E-state index contributed by atoms with van der Waals surface area (Å²) < 4.78 is 27.6. The zero-order valence-electron chi connectivity index (χ0n) is 16.8. The first kappa shape index (κ1) is 20.5. The van der Waals surface area contributed by atoms with Crippen LogP contribution in [0.2, 0.25) is 0 Å². The van der Waals surface area contributed by atoms with Crippen LogP contribution < -0.4 is 9.21 Å². The van der Waals surface area contributed by atoms with E-state index in [0.717, 1.165) is 9.87 Å². The molecule has 0 aliphatic carbocycles. The molecule has 0 spiro atoms. The van der Waals surface area contributed by atoms with E-state index in [1.807, 2.05) is 13.0 Å². The van der Waals surface area contributed by atoms with E-state index in [-0.39, 0.29) is 28.5 Å². The van der Waals surface area contributed by atoms with E-state index in [4.69, 9.17) is 0 Å². The maximum absolute atomic E-state index is 13.5. The van der Waals surface area contributed by atoms with E-state index in [2.05, 4.69) is 0 Å². The van der Waals surface area contributed by atoms with Gasteiger partial charge in [-0.2, -0.15) is 4.31 Å². The molecule has 158 valence electrons.